The minimum Gasteiger partial charge on any atom is -0.489 e. The number of hydrogen-bond acceptors (Lipinski definition) is 4. The molecule has 2 aromatic carbocycles. The lowest BCUT2D eigenvalue weighted by Gasteiger charge is -2.31. The zero-order chi connectivity index (χ0) is 21.2. The second-order valence-electron chi connectivity index (χ2n) is 7.90. The lowest BCUT2D eigenvalue weighted by atomic mass is 9.99. The molecule has 0 fully saturated rings. The number of carbonyl (C=O) groups excluding carboxylic acids is 1. The van der Waals surface area contributed by atoms with Crippen LogP contribution in [-0.2, 0) is 24.3 Å². The van der Waals surface area contributed by atoms with Crippen LogP contribution >= 0.6 is 0 Å². The first-order valence-corrected chi connectivity index (χ1v) is 9.27. The van der Waals surface area contributed by atoms with E-state index in [-0.39, 0.29) is 30.0 Å². The molecule has 0 bridgehead atoms. The van der Waals surface area contributed by atoms with Crippen LogP contribution in [0.15, 0.2) is 30.3 Å². The number of nitrogens with zero attached hydrogens (tertiary/aromatic N) is 2. The minimum absolute atomic E-state index is 0.106. The molecule has 1 heterocycles. The van der Waals surface area contributed by atoms with Crippen molar-refractivity contribution in [1.82, 2.24) is 4.90 Å². The van der Waals surface area contributed by atoms with E-state index in [1.54, 1.807) is 26.8 Å². The van der Waals surface area contributed by atoms with E-state index < -0.39 is 23.3 Å². The Bertz CT molecular complexity index is 977. The maximum absolute atomic E-state index is 14.5. The van der Waals surface area contributed by atoms with Gasteiger partial charge in [0.05, 0.1) is 11.6 Å². The first-order valence-electron chi connectivity index (χ1n) is 9.27. The van der Waals surface area contributed by atoms with Crippen molar-refractivity contribution in [3.63, 3.8) is 0 Å². The summed E-state index contributed by atoms with van der Waals surface area (Å²) in [5.74, 6) is -0.726. The summed E-state index contributed by atoms with van der Waals surface area (Å²) >= 11 is 0. The molecule has 29 heavy (non-hydrogen) atoms. The quantitative estimate of drug-likeness (QED) is 0.749. The van der Waals surface area contributed by atoms with E-state index in [4.69, 9.17) is 14.7 Å². The third kappa shape index (κ3) is 5.02. The van der Waals surface area contributed by atoms with Crippen LogP contribution in [0.5, 0.6) is 5.75 Å². The molecule has 0 radical (unpaired) electrons. The van der Waals surface area contributed by atoms with Gasteiger partial charge >= 0.3 is 6.09 Å². The molecule has 3 rings (SSSR count). The molecule has 7 heteroatoms. The molecule has 0 spiro atoms. The summed E-state index contributed by atoms with van der Waals surface area (Å²) in [7, 11) is 0. The molecular formula is C22H22F2N2O3. The SMILES string of the molecule is CC(C)(C)OC(=O)N1CCc2c(F)cc(OCc3ccc(C#N)cc3F)cc2C1. The number of nitriles is 1. The highest BCUT2D eigenvalue weighted by molar-refractivity contribution is 5.68. The summed E-state index contributed by atoms with van der Waals surface area (Å²) in [5, 5.41) is 8.80. The van der Waals surface area contributed by atoms with Gasteiger partial charge in [-0.1, -0.05) is 6.07 Å². The van der Waals surface area contributed by atoms with Gasteiger partial charge in [-0.2, -0.15) is 5.26 Å². The van der Waals surface area contributed by atoms with Crippen LogP contribution in [0, 0.1) is 23.0 Å². The van der Waals surface area contributed by atoms with E-state index >= 15 is 0 Å². The number of hydrogen-bond donors (Lipinski definition) is 0. The molecule has 0 saturated heterocycles. The van der Waals surface area contributed by atoms with Crippen LogP contribution in [0.4, 0.5) is 13.6 Å². The Labute approximate surface area is 168 Å². The Kier molecular flexibility index (Phi) is 5.73. The van der Waals surface area contributed by atoms with Crippen LogP contribution in [0.3, 0.4) is 0 Å². The molecule has 0 unspecified atom stereocenters. The summed E-state index contributed by atoms with van der Waals surface area (Å²) < 4.78 is 39.5. The van der Waals surface area contributed by atoms with Crippen molar-refractivity contribution in [2.75, 3.05) is 6.54 Å². The van der Waals surface area contributed by atoms with E-state index in [2.05, 4.69) is 0 Å². The van der Waals surface area contributed by atoms with Gasteiger partial charge in [0.2, 0.25) is 0 Å². The second kappa shape index (κ2) is 8.08. The number of amides is 1. The molecule has 0 N–H and O–H groups in total. The Morgan fingerprint density at radius 1 is 1.21 bits per heavy atom. The molecular weight excluding hydrogens is 378 g/mol. The molecule has 1 amide bonds. The monoisotopic (exact) mass is 400 g/mol. The smallest absolute Gasteiger partial charge is 0.410 e. The number of ether oxygens (including phenoxy) is 2. The first kappa shape index (κ1) is 20.6. The lowest BCUT2D eigenvalue weighted by molar-refractivity contribution is 0.0222. The third-order valence-electron chi connectivity index (χ3n) is 4.48. The fourth-order valence-electron chi connectivity index (χ4n) is 3.08. The van der Waals surface area contributed by atoms with Gasteiger partial charge < -0.3 is 14.4 Å². The Morgan fingerprint density at radius 3 is 2.62 bits per heavy atom. The maximum atomic E-state index is 14.5. The molecule has 1 aliphatic heterocycles. The summed E-state index contributed by atoms with van der Waals surface area (Å²) in [6.45, 7) is 5.84. The standard InChI is InChI=1S/C22H22F2N2O3/c1-22(2,3)29-21(27)26-7-6-18-16(12-26)9-17(10-20(18)24)28-13-15-5-4-14(11-25)8-19(15)23/h4-5,8-10H,6-7,12-13H2,1-3H3. The zero-order valence-electron chi connectivity index (χ0n) is 16.6. The fraction of sp³-hybridized carbons (Fsp3) is 0.364. The van der Waals surface area contributed by atoms with Crippen LogP contribution in [-0.4, -0.2) is 23.1 Å². The van der Waals surface area contributed by atoms with Crippen LogP contribution in [0.2, 0.25) is 0 Å². The molecule has 5 nitrogen and oxygen atoms in total. The highest BCUT2D eigenvalue weighted by atomic mass is 19.1. The van der Waals surface area contributed by atoms with Crippen molar-refractivity contribution in [1.29, 1.82) is 5.26 Å². The van der Waals surface area contributed by atoms with E-state index in [0.29, 0.717) is 24.1 Å². The lowest BCUT2D eigenvalue weighted by Crippen LogP contribution is -2.40. The summed E-state index contributed by atoms with van der Waals surface area (Å²) in [6.07, 6.45) is -0.0696. The first-order chi connectivity index (χ1) is 13.7. The highest BCUT2D eigenvalue weighted by Gasteiger charge is 2.27. The van der Waals surface area contributed by atoms with E-state index in [0.717, 1.165) is 6.07 Å². The van der Waals surface area contributed by atoms with Crippen molar-refractivity contribution >= 4 is 6.09 Å². The third-order valence-corrected chi connectivity index (χ3v) is 4.48. The van der Waals surface area contributed by atoms with Crippen LogP contribution < -0.4 is 4.74 Å². The van der Waals surface area contributed by atoms with E-state index in [1.807, 2.05) is 6.07 Å². The summed E-state index contributed by atoms with van der Waals surface area (Å²) in [5.41, 5.74) is 1.04. The Morgan fingerprint density at radius 2 is 1.97 bits per heavy atom. The molecule has 0 saturated carbocycles. The predicted molar refractivity (Wildman–Crippen MR) is 102 cm³/mol. The van der Waals surface area contributed by atoms with E-state index in [1.165, 1.54) is 23.1 Å². The van der Waals surface area contributed by atoms with Gasteiger partial charge in [0.1, 0.15) is 29.6 Å². The molecule has 1 aliphatic rings. The number of fused-ring (bicyclic) bond motifs is 1. The zero-order valence-corrected chi connectivity index (χ0v) is 16.6. The van der Waals surface area contributed by atoms with Gasteiger partial charge in [0, 0.05) is 24.7 Å². The molecule has 0 atom stereocenters. The van der Waals surface area contributed by atoms with Crippen molar-refractivity contribution < 1.29 is 23.0 Å². The molecule has 0 aromatic heterocycles. The topological polar surface area (TPSA) is 62.6 Å². The van der Waals surface area contributed by atoms with Crippen molar-refractivity contribution in [3.8, 4) is 11.8 Å². The Balaban J connectivity index is 1.74. The fourth-order valence-corrected chi connectivity index (χ4v) is 3.08. The van der Waals surface area contributed by atoms with Gasteiger partial charge in [-0.05, 0) is 56.5 Å². The molecule has 2 aromatic rings. The average molecular weight is 400 g/mol. The van der Waals surface area contributed by atoms with Gasteiger partial charge in [0.25, 0.3) is 0 Å². The minimum atomic E-state index is -0.612. The second-order valence-corrected chi connectivity index (χ2v) is 7.90. The van der Waals surface area contributed by atoms with Gasteiger partial charge in [-0.15, -0.1) is 0 Å². The van der Waals surface area contributed by atoms with Crippen molar-refractivity contribution in [2.24, 2.45) is 0 Å². The van der Waals surface area contributed by atoms with Crippen LogP contribution in [0.25, 0.3) is 0 Å². The average Bonchev–Trinajstić information content (AvgIpc) is 2.65. The number of halogens is 2. The van der Waals surface area contributed by atoms with Gasteiger partial charge in [-0.25, -0.2) is 13.6 Å². The highest BCUT2D eigenvalue weighted by Crippen LogP contribution is 2.28. The van der Waals surface area contributed by atoms with E-state index in [9.17, 15) is 13.6 Å². The molecule has 0 aliphatic carbocycles. The number of rotatable bonds is 3. The Hall–Kier alpha value is -3.14. The number of carbonyl (C=O) groups is 1. The van der Waals surface area contributed by atoms with Crippen molar-refractivity contribution in [2.45, 2.75) is 45.9 Å². The summed E-state index contributed by atoms with van der Waals surface area (Å²) in [4.78, 5) is 13.8. The van der Waals surface area contributed by atoms with Gasteiger partial charge in [0.15, 0.2) is 0 Å². The maximum Gasteiger partial charge on any atom is 0.410 e. The molecule has 152 valence electrons. The predicted octanol–water partition coefficient (Wildman–Crippen LogP) is 4.71. The number of benzene rings is 2. The normalized spacial score (nSPS) is 13.4. The largest absolute Gasteiger partial charge is 0.489 e. The van der Waals surface area contributed by atoms with Gasteiger partial charge in [-0.3, -0.25) is 0 Å². The van der Waals surface area contributed by atoms with Crippen molar-refractivity contribution in [3.05, 3.63) is 64.2 Å². The summed E-state index contributed by atoms with van der Waals surface area (Å²) in [6, 6.07) is 8.88. The van der Waals surface area contributed by atoms with Crippen LogP contribution in [0.1, 0.15) is 43.0 Å².